The highest BCUT2D eigenvalue weighted by Gasteiger charge is 2.27. The number of carbonyl (C=O) groups is 1. The lowest BCUT2D eigenvalue weighted by molar-refractivity contribution is 0.0867. The van der Waals surface area contributed by atoms with Crippen molar-refractivity contribution in [1.29, 1.82) is 0 Å². The molecule has 2 rings (SSSR count). The maximum atomic E-state index is 12.3. The van der Waals surface area contributed by atoms with Gasteiger partial charge in [-0.05, 0) is 30.9 Å². The fourth-order valence-electron chi connectivity index (χ4n) is 2.46. The van der Waals surface area contributed by atoms with Crippen LogP contribution in [0.2, 0.25) is 0 Å². The molecule has 92 valence electrons. The van der Waals surface area contributed by atoms with Crippen LogP contribution in [-0.4, -0.2) is 17.9 Å². The van der Waals surface area contributed by atoms with Gasteiger partial charge in [0.05, 0.1) is 7.11 Å². The van der Waals surface area contributed by atoms with Gasteiger partial charge in [-0.3, -0.25) is 4.79 Å². The molecule has 0 unspecified atom stereocenters. The zero-order chi connectivity index (χ0) is 12.3. The smallest absolute Gasteiger partial charge is 0.188 e. The van der Waals surface area contributed by atoms with Gasteiger partial charge in [0, 0.05) is 12.1 Å². The summed E-state index contributed by atoms with van der Waals surface area (Å²) in [6.07, 6.45) is 5.91. The van der Waals surface area contributed by atoms with E-state index in [1.807, 2.05) is 0 Å². The van der Waals surface area contributed by atoms with E-state index in [0.29, 0.717) is 11.4 Å². The van der Waals surface area contributed by atoms with Crippen LogP contribution < -0.4 is 4.74 Å². The predicted molar refractivity (Wildman–Crippen MR) is 66.2 cm³/mol. The summed E-state index contributed by atoms with van der Waals surface area (Å²) in [7, 11) is 1.58. The molecule has 1 aromatic rings. The molecule has 1 heterocycles. The van der Waals surface area contributed by atoms with Crippen molar-refractivity contribution in [2.24, 2.45) is 11.8 Å². The number of carbonyl (C=O) groups excluding carboxylic acids is 1. The van der Waals surface area contributed by atoms with Gasteiger partial charge >= 0.3 is 0 Å². The second-order valence-corrected chi connectivity index (χ2v) is 4.88. The monoisotopic (exact) mass is 233 g/mol. The average molecular weight is 233 g/mol. The van der Waals surface area contributed by atoms with Crippen molar-refractivity contribution in [3.8, 4) is 5.75 Å². The van der Waals surface area contributed by atoms with Crippen LogP contribution in [0.3, 0.4) is 0 Å². The Morgan fingerprint density at radius 3 is 2.71 bits per heavy atom. The van der Waals surface area contributed by atoms with Gasteiger partial charge in [-0.15, -0.1) is 0 Å². The van der Waals surface area contributed by atoms with Crippen molar-refractivity contribution < 1.29 is 9.53 Å². The van der Waals surface area contributed by atoms with Gasteiger partial charge in [0.2, 0.25) is 0 Å². The van der Waals surface area contributed by atoms with E-state index in [-0.39, 0.29) is 11.7 Å². The van der Waals surface area contributed by atoms with Crippen LogP contribution in [0.25, 0.3) is 0 Å². The molecule has 0 aromatic carbocycles. The van der Waals surface area contributed by atoms with Gasteiger partial charge in [-0.25, -0.2) is 4.98 Å². The van der Waals surface area contributed by atoms with Crippen LogP contribution in [0.4, 0.5) is 0 Å². The maximum absolute atomic E-state index is 12.3. The SMILES string of the molecule is COc1cccnc1C(=O)C1CCC(C)CC1. The zero-order valence-electron chi connectivity index (χ0n) is 10.5. The van der Waals surface area contributed by atoms with E-state index in [1.165, 1.54) is 0 Å². The van der Waals surface area contributed by atoms with E-state index < -0.39 is 0 Å². The number of Topliss-reactive ketones (excluding diaryl/α,β-unsaturated/α-hetero) is 1. The first-order valence-electron chi connectivity index (χ1n) is 6.25. The summed E-state index contributed by atoms with van der Waals surface area (Å²) in [5, 5.41) is 0. The molecule has 3 nitrogen and oxygen atoms in total. The van der Waals surface area contributed by atoms with Gasteiger partial charge in [0.25, 0.3) is 0 Å². The molecule has 1 aromatic heterocycles. The van der Waals surface area contributed by atoms with Crippen molar-refractivity contribution in [2.45, 2.75) is 32.6 Å². The Balaban J connectivity index is 2.14. The highest BCUT2D eigenvalue weighted by atomic mass is 16.5. The third kappa shape index (κ3) is 2.65. The standard InChI is InChI=1S/C14H19NO2/c1-10-5-7-11(8-6-10)14(16)13-12(17-2)4-3-9-15-13/h3-4,9-11H,5-8H2,1-2H3. The molecule has 17 heavy (non-hydrogen) atoms. The zero-order valence-corrected chi connectivity index (χ0v) is 10.5. The summed E-state index contributed by atoms with van der Waals surface area (Å²) in [5.74, 6) is 1.63. The van der Waals surface area contributed by atoms with Crippen LogP contribution in [0.1, 0.15) is 43.1 Å². The second kappa shape index (κ2) is 5.30. The number of rotatable bonds is 3. The van der Waals surface area contributed by atoms with Crippen LogP contribution in [0.5, 0.6) is 5.75 Å². The van der Waals surface area contributed by atoms with Gasteiger partial charge in [-0.1, -0.05) is 19.8 Å². The molecule has 0 atom stereocenters. The van der Waals surface area contributed by atoms with E-state index in [0.717, 1.165) is 31.6 Å². The van der Waals surface area contributed by atoms with Gasteiger partial charge in [0.1, 0.15) is 11.4 Å². The van der Waals surface area contributed by atoms with Gasteiger partial charge < -0.3 is 4.74 Å². The Morgan fingerprint density at radius 2 is 2.06 bits per heavy atom. The summed E-state index contributed by atoms with van der Waals surface area (Å²) in [4.78, 5) is 16.5. The Kier molecular flexibility index (Phi) is 3.77. The molecular weight excluding hydrogens is 214 g/mol. The molecule has 1 saturated carbocycles. The molecule has 0 N–H and O–H groups in total. The summed E-state index contributed by atoms with van der Waals surface area (Å²) in [6.45, 7) is 2.25. The van der Waals surface area contributed by atoms with E-state index in [9.17, 15) is 4.79 Å². The summed E-state index contributed by atoms with van der Waals surface area (Å²) >= 11 is 0. The minimum absolute atomic E-state index is 0.134. The average Bonchev–Trinajstić information content (AvgIpc) is 2.39. The van der Waals surface area contributed by atoms with Crippen molar-refractivity contribution in [2.75, 3.05) is 7.11 Å². The third-order valence-electron chi connectivity index (χ3n) is 3.61. The molecule has 0 saturated heterocycles. The second-order valence-electron chi connectivity index (χ2n) is 4.88. The number of pyridine rings is 1. The first-order chi connectivity index (χ1) is 8.22. The number of hydrogen-bond acceptors (Lipinski definition) is 3. The van der Waals surface area contributed by atoms with Crippen LogP contribution in [-0.2, 0) is 0 Å². The van der Waals surface area contributed by atoms with Crippen LogP contribution in [0, 0.1) is 11.8 Å². The number of ketones is 1. The molecule has 1 aliphatic carbocycles. The molecule has 1 aliphatic rings. The molecule has 0 radical (unpaired) electrons. The highest BCUT2D eigenvalue weighted by Crippen LogP contribution is 2.31. The number of hydrogen-bond donors (Lipinski definition) is 0. The summed E-state index contributed by atoms with van der Waals surface area (Å²) < 4.78 is 5.20. The minimum atomic E-state index is 0.134. The van der Waals surface area contributed by atoms with Crippen LogP contribution >= 0.6 is 0 Å². The van der Waals surface area contributed by atoms with E-state index in [4.69, 9.17) is 4.74 Å². The lowest BCUT2D eigenvalue weighted by atomic mass is 9.80. The van der Waals surface area contributed by atoms with E-state index >= 15 is 0 Å². The van der Waals surface area contributed by atoms with E-state index in [1.54, 1.807) is 25.4 Å². The molecule has 0 aliphatic heterocycles. The van der Waals surface area contributed by atoms with Crippen molar-refractivity contribution >= 4 is 5.78 Å². The molecule has 3 heteroatoms. The number of ether oxygens (including phenoxy) is 1. The minimum Gasteiger partial charge on any atom is -0.494 e. The van der Waals surface area contributed by atoms with Crippen molar-refractivity contribution in [1.82, 2.24) is 4.98 Å². The largest absolute Gasteiger partial charge is 0.494 e. The fourth-order valence-corrected chi connectivity index (χ4v) is 2.46. The Morgan fingerprint density at radius 1 is 1.35 bits per heavy atom. The lowest BCUT2D eigenvalue weighted by Gasteiger charge is -2.25. The Hall–Kier alpha value is -1.38. The molecular formula is C14H19NO2. The Labute approximate surface area is 102 Å². The lowest BCUT2D eigenvalue weighted by Crippen LogP contribution is -2.22. The maximum Gasteiger partial charge on any atom is 0.188 e. The van der Waals surface area contributed by atoms with E-state index in [2.05, 4.69) is 11.9 Å². The van der Waals surface area contributed by atoms with Gasteiger partial charge in [-0.2, -0.15) is 0 Å². The molecule has 0 spiro atoms. The molecule has 0 amide bonds. The highest BCUT2D eigenvalue weighted by molar-refractivity contribution is 5.98. The predicted octanol–water partition coefficient (Wildman–Crippen LogP) is 3.10. The number of methoxy groups -OCH3 is 1. The molecule has 1 fully saturated rings. The first-order valence-corrected chi connectivity index (χ1v) is 6.25. The number of aromatic nitrogens is 1. The fraction of sp³-hybridized carbons (Fsp3) is 0.571. The Bertz CT molecular complexity index is 395. The van der Waals surface area contributed by atoms with Crippen molar-refractivity contribution in [3.05, 3.63) is 24.0 Å². The third-order valence-corrected chi connectivity index (χ3v) is 3.61. The summed E-state index contributed by atoms with van der Waals surface area (Å²) in [5.41, 5.74) is 0.495. The molecule has 0 bridgehead atoms. The van der Waals surface area contributed by atoms with Crippen LogP contribution in [0.15, 0.2) is 18.3 Å². The van der Waals surface area contributed by atoms with Gasteiger partial charge in [0.15, 0.2) is 5.78 Å². The van der Waals surface area contributed by atoms with Crippen molar-refractivity contribution in [3.63, 3.8) is 0 Å². The quantitative estimate of drug-likeness (QED) is 0.753. The first kappa shape index (κ1) is 12.1. The normalized spacial score (nSPS) is 24.4. The topological polar surface area (TPSA) is 39.2 Å². The number of nitrogens with zero attached hydrogens (tertiary/aromatic N) is 1. The summed E-state index contributed by atoms with van der Waals surface area (Å²) in [6, 6.07) is 3.59.